The van der Waals surface area contributed by atoms with E-state index in [0.717, 1.165) is 0 Å². The molecule has 2 radical (unpaired) electrons. The highest BCUT2D eigenvalue weighted by molar-refractivity contribution is 7.85. The zero-order chi connectivity index (χ0) is 28.4. The van der Waals surface area contributed by atoms with Gasteiger partial charge in [0.1, 0.15) is 0 Å². The van der Waals surface area contributed by atoms with E-state index < -0.39 is 90.5 Å². The highest BCUT2D eigenvalue weighted by Gasteiger charge is 2.66. The average Bonchev–Trinajstić information content (AvgIpc) is 2.33. The molecular weight excluding hydrogens is 693 g/mol. The zero-order valence-corrected chi connectivity index (χ0v) is 22.5. The lowest BCUT2D eigenvalue weighted by Gasteiger charge is -2.35. The lowest BCUT2D eigenvalue weighted by atomic mass is 15.6. The molecule has 0 amide bonds. The normalized spacial score (nSPS) is 15.3. The van der Waals surface area contributed by atoms with Crippen molar-refractivity contribution in [2.24, 2.45) is 0 Å². The molecule has 0 aliphatic heterocycles. The Bertz CT molecular complexity index is 1270. The van der Waals surface area contributed by atoms with Crippen molar-refractivity contribution < 1.29 is 109 Å². The van der Waals surface area contributed by atoms with Gasteiger partial charge < -0.3 is 31.0 Å². The maximum atomic E-state index is 10.9. The Hall–Kier alpha value is -0.209. The molecule has 0 unspecified atom stereocenters. The molecule has 0 heterocycles. The standard InChI is InChI=1S/H6O26S6Si3/c1-27(2,3)19-33-25-35(23-31(13,14)15,24-32(16,17)18)26-34(20-28(4,5)6,21-29(7,8)9)22-30(10,11)12/h(H,1,2,3)(H,4,5,6)(H,7,8,9)(H,10,11,12)(H,13,14,15)(H,16,17,18)/p-5. The van der Waals surface area contributed by atoms with Crippen LogP contribution in [-0.2, 0) is 93.9 Å². The monoisotopic (exact) mass is 693 g/mol. The Morgan fingerprint density at radius 2 is 0.771 bits per heavy atom. The van der Waals surface area contributed by atoms with E-state index >= 15 is 0 Å². The van der Waals surface area contributed by atoms with Crippen molar-refractivity contribution in [3.8, 4) is 0 Å². The number of rotatable bonds is 16. The minimum atomic E-state index is -7.72. The van der Waals surface area contributed by atoms with Crippen LogP contribution in [-0.4, -0.2) is 106 Å². The molecule has 210 valence electrons. The molecule has 0 aromatic heterocycles. The van der Waals surface area contributed by atoms with Crippen molar-refractivity contribution in [3.05, 3.63) is 0 Å². The first-order valence-corrected chi connectivity index (χ1v) is 18.2. The Kier molecular flexibility index (Phi) is 11.2. The van der Waals surface area contributed by atoms with E-state index in [1.165, 1.54) is 0 Å². The van der Waals surface area contributed by atoms with Crippen LogP contribution in [0.25, 0.3) is 0 Å². The summed E-state index contributed by atoms with van der Waals surface area (Å²) in [6.07, 6.45) is 0. The van der Waals surface area contributed by atoms with Gasteiger partial charge in [-0.15, -0.1) is 0 Å². The maximum Gasteiger partial charge on any atom is 0.716 e. The van der Waals surface area contributed by atoms with Crippen molar-refractivity contribution in [2.45, 2.75) is 0 Å². The van der Waals surface area contributed by atoms with Gasteiger partial charge >= 0.3 is 38.5 Å². The van der Waals surface area contributed by atoms with Crippen LogP contribution in [0.4, 0.5) is 0 Å². The third kappa shape index (κ3) is 17.8. The first-order valence-electron chi connectivity index (χ1n) is 6.06. The fourth-order valence-corrected chi connectivity index (χ4v) is 13.6. The van der Waals surface area contributed by atoms with E-state index in [0.29, 0.717) is 0 Å². The molecule has 0 spiro atoms. The fourth-order valence-electron chi connectivity index (χ4n) is 1.08. The van der Waals surface area contributed by atoms with Crippen LogP contribution in [0, 0.1) is 0 Å². The first kappa shape index (κ1) is 34.8. The van der Waals surface area contributed by atoms with E-state index in [-0.39, 0.29) is 0 Å². The fraction of sp³-hybridized carbons (Fsp3) is 0. The molecule has 0 aromatic carbocycles. The third-order valence-corrected chi connectivity index (χ3v) is 14.2. The summed E-state index contributed by atoms with van der Waals surface area (Å²) in [4.78, 5) is 0. The van der Waals surface area contributed by atoms with E-state index in [1.54, 1.807) is 0 Å². The summed E-state index contributed by atoms with van der Waals surface area (Å²) in [5, 5.41) is 0. The molecule has 35 heteroatoms. The topological polar surface area (TPSA) is 414 Å². The van der Waals surface area contributed by atoms with Crippen LogP contribution in [0.5, 0.6) is 0 Å². The molecule has 0 aliphatic carbocycles. The van der Waals surface area contributed by atoms with Gasteiger partial charge in [-0.25, -0.2) is 61.5 Å². The van der Waals surface area contributed by atoms with E-state index in [4.69, 9.17) is 4.55 Å². The summed E-state index contributed by atoms with van der Waals surface area (Å²) >= 11 is 0. The number of hydrogen-bond acceptors (Lipinski definition) is 25. The summed E-state index contributed by atoms with van der Waals surface area (Å²) in [6.45, 7) is 0. The average molecular weight is 694 g/mol. The maximum absolute atomic E-state index is 10.9. The molecule has 0 saturated carbocycles. The quantitative estimate of drug-likeness (QED) is 0.0890. The van der Waals surface area contributed by atoms with Gasteiger partial charge in [0.05, 0.1) is 0 Å². The minimum Gasteiger partial charge on any atom is -0.726 e. The van der Waals surface area contributed by atoms with Crippen molar-refractivity contribution in [1.29, 1.82) is 0 Å². The molecule has 0 atom stereocenters. The third-order valence-electron chi connectivity index (χ3n) is 1.58. The molecule has 0 fully saturated rings. The van der Waals surface area contributed by atoms with Crippen molar-refractivity contribution >= 4 is 90.5 Å². The molecule has 1 N–H and O–H groups in total. The predicted octanol–water partition coefficient (Wildman–Crippen LogP) is -7.37. The largest absolute Gasteiger partial charge is 0.726 e. The van der Waals surface area contributed by atoms with Crippen molar-refractivity contribution in [1.82, 2.24) is 0 Å². The SMILES string of the molecule is O=S(=O)([O-])O[Si](O[Si]OS(=O)(=O)O)(O[Si](OS(=O)(=O)[O-])(OS(=O)(=O)[O-])OS(=O)(=O)[O-])OS(=O)(=O)[O-]. The molecule has 0 rings (SSSR count). The summed E-state index contributed by atoms with van der Waals surface area (Å²) in [5.41, 5.74) is 0. The van der Waals surface area contributed by atoms with Crippen molar-refractivity contribution in [3.63, 3.8) is 0 Å². The van der Waals surface area contributed by atoms with Crippen molar-refractivity contribution in [2.75, 3.05) is 0 Å². The second-order valence-corrected chi connectivity index (χ2v) is 17.0. The van der Waals surface area contributed by atoms with Gasteiger partial charge in [-0.2, -0.15) is 8.42 Å². The first-order chi connectivity index (χ1) is 14.9. The molecule has 0 aliphatic rings. The number of hydrogen-bond donors (Lipinski definition) is 1. The lowest BCUT2D eigenvalue weighted by Crippen LogP contribution is -2.64. The Morgan fingerprint density at radius 3 is 1.00 bits per heavy atom. The summed E-state index contributed by atoms with van der Waals surface area (Å²) in [6, 6.07) is 0. The lowest BCUT2D eigenvalue weighted by molar-refractivity contribution is 0.0684. The van der Waals surface area contributed by atoms with Crippen LogP contribution in [0.3, 0.4) is 0 Å². The van der Waals surface area contributed by atoms with Gasteiger partial charge in [-0.3, -0.25) is 8.42 Å². The smallest absolute Gasteiger partial charge is 0.716 e. The summed E-state index contributed by atoms with van der Waals surface area (Å²) < 4.78 is 218. The highest BCUT2D eigenvalue weighted by atomic mass is 32.3. The van der Waals surface area contributed by atoms with E-state index in [2.05, 4.69) is 31.5 Å². The Labute approximate surface area is 199 Å². The summed E-state index contributed by atoms with van der Waals surface area (Å²) in [5.74, 6) is 0. The summed E-state index contributed by atoms with van der Waals surface area (Å²) in [7, 11) is -57.2. The van der Waals surface area contributed by atoms with Gasteiger partial charge in [0, 0.05) is 0 Å². The Morgan fingerprint density at radius 1 is 0.514 bits per heavy atom. The molecule has 0 aromatic rings. The molecular formula is HO26S6Si3-5. The van der Waals surface area contributed by atoms with Crippen LogP contribution >= 0.6 is 0 Å². The van der Waals surface area contributed by atoms with E-state index in [1.807, 2.05) is 0 Å². The van der Waals surface area contributed by atoms with Gasteiger partial charge in [-0.05, 0) is 0 Å². The van der Waals surface area contributed by atoms with Gasteiger partial charge in [0.2, 0.25) is 52.0 Å². The van der Waals surface area contributed by atoms with Crippen LogP contribution in [0.15, 0.2) is 0 Å². The molecule has 0 bridgehead atoms. The molecule has 0 saturated heterocycles. The van der Waals surface area contributed by atoms with Crippen LogP contribution < -0.4 is 0 Å². The Balaban J connectivity index is 7.30. The highest BCUT2D eigenvalue weighted by Crippen LogP contribution is 2.28. The van der Waals surface area contributed by atoms with Crippen LogP contribution in [0.2, 0.25) is 0 Å². The van der Waals surface area contributed by atoms with Gasteiger partial charge in [-0.1, -0.05) is 0 Å². The second kappa shape index (κ2) is 11.3. The van der Waals surface area contributed by atoms with Gasteiger partial charge in [0.15, 0.2) is 0 Å². The van der Waals surface area contributed by atoms with Crippen LogP contribution in [0.1, 0.15) is 0 Å². The zero-order valence-electron chi connectivity index (χ0n) is 14.6. The van der Waals surface area contributed by atoms with E-state index in [9.17, 15) is 73.3 Å². The molecule has 35 heavy (non-hydrogen) atoms. The second-order valence-electron chi connectivity index (χ2n) is 4.26. The predicted molar refractivity (Wildman–Crippen MR) is 86.0 cm³/mol. The minimum absolute atomic E-state index is 2.73. The van der Waals surface area contributed by atoms with Gasteiger partial charge in [0.25, 0.3) is 0 Å². The molecule has 26 nitrogen and oxygen atoms in total.